The van der Waals surface area contributed by atoms with Gasteiger partial charge in [0.2, 0.25) is 0 Å². The number of amides is 2. The van der Waals surface area contributed by atoms with Crippen molar-refractivity contribution in [1.29, 1.82) is 0 Å². The summed E-state index contributed by atoms with van der Waals surface area (Å²) in [5, 5.41) is 26.9. The number of nitrogens with zero attached hydrogens (tertiary/aromatic N) is 2. The largest absolute Gasteiger partial charge is 0.481 e. The molecule has 5 rings (SSSR count). The average molecular weight is 559 g/mol. The summed E-state index contributed by atoms with van der Waals surface area (Å²) >= 11 is 0. The Labute approximate surface area is 229 Å². The molecule has 1 aromatic carbocycles. The summed E-state index contributed by atoms with van der Waals surface area (Å²) in [4.78, 5) is 52.6. The molecule has 0 radical (unpaired) electrons. The van der Waals surface area contributed by atoms with Gasteiger partial charge in [-0.3, -0.25) is 19.3 Å². The summed E-state index contributed by atoms with van der Waals surface area (Å²) in [5.74, 6) is -3.49. The molecular formula is C27H31FN4O8. The van der Waals surface area contributed by atoms with Gasteiger partial charge >= 0.3 is 11.9 Å². The van der Waals surface area contributed by atoms with Crippen LogP contribution in [0.15, 0.2) is 18.2 Å². The smallest absolute Gasteiger partial charge is 0.333 e. The SMILES string of the molecule is Cc1c(/C=C2\C(=O)Nc3ccc(F)cc32)[nH]c2c1C(=O)N(CCN1CCOCC1)CC2.O=C(O)CC(O)C(=O)O. The molecule has 1 atom stereocenters. The van der Waals surface area contributed by atoms with Gasteiger partial charge in [0, 0.05) is 61.8 Å². The van der Waals surface area contributed by atoms with Gasteiger partial charge in [0.25, 0.3) is 11.8 Å². The van der Waals surface area contributed by atoms with Crippen molar-refractivity contribution in [3.05, 3.63) is 52.1 Å². The highest BCUT2D eigenvalue weighted by Gasteiger charge is 2.31. The Morgan fingerprint density at radius 3 is 2.52 bits per heavy atom. The highest BCUT2D eigenvalue weighted by Crippen LogP contribution is 2.35. The topological polar surface area (TPSA) is 172 Å². The first kappa shape index (κ1) is 28.9. The zero-order chi connectivity index (χ0) is 29.0. The number of fused-ring (bicyclic) bond motifs is 2. The van der Waals surface area contributed by atoms with Gasteiger partial charge in [0.1, 0.15) is 5.82 Å². The summed E-state index contributed by atoms with van der Waals surface area (Å²) in [6, 6.07) is 4.24. The lowest BCUT2D eigenvalue weighted by Crippen LogP contribution is -2.45. The molecule has 1 fully saturated rings. The Kier molecular flexibility index (Phi) is 8.97. The second kappa shape index (κ2) is 12.4. The molecule has 2 amide bonds. The van der Waals surface area contributed by atoms with Crippen molar-refractivity contribution >= 4 is 41.1 Å². The molecule has 5 N–H and O–H groups in total. The Bertz CT molecular complexity index is 1350. The van der Waals surface area contributed by atoms with Crippen molar-refractivity contribution in [3.63, 3.8) is 0 Å². The van der Waals surface area contributed by atoms with E-state index < -0.39 is 30.3 Å². The van der Waals surface area contributed by atoms with Crippen LogP contribution >= 0.6 is 0 Å². The van der Waals surface area contributed by atoms with E-state index in [1.165, 1.54) is 12.1 Å². The molecule has 0 saturated carbocycles. The highest BCUT2D eigenvalue weighted by atomic mass is 19.1. The van der Waals surface area contributed by atoms with E-state index in [2.05, 4.69) is 15.2 Å². The Hall–Kier alpha value is -4.07. The molecule has 1 saturated heterocycles. The lowest BCUT2D eigenvalue weighted by molar-refractivity contribution is -0.152. The number of aromatic amines is 1. The lowest BCUT2D eigenvalue weighted by atomic mass is 10.0. The van der Waals surface area contributed by atoms with Gasteiger partial charge < -0.3 is 35.3 Å². The van der Waals surface area contributed by atoms with E-state index in [-0.39, 0.29) is 11.8 Å². The van der Waals surface area contributed by atoms with Gasteiger partial charge in [0.05, 0.1) is 30.8 Å². The number of aliphatic carboxylic acids is 2. The molecule has 0 aliphatic carbocycles. The van der Waals surface area contributed by atoms with Gasteiger partial charge in [-0.05, 0) is 36.8 Å². The molecule has 0 spiro atoms. The van der Waals surface area contributed by atoms with Crippen LogP contribution < -0.4 is 5.32 Å². The van der Waals surface area contributed by atoms with Gasteiger partial charge in [-0.15, -0.1) is 0 Å². The maximum Gasteiger partial charge on any atom is 0.333 e. The molecule has 3 aliphatic heterocycles. The maximum absolute atomic E-state index is 13.7. The molecule has 12 nitrogen and oxygen atoms in total. The number of carboxylic acids is 2. The molecule has 214 valence electrons. The summed E-state index contributed by atoms with van der Waals surface area (Å²) < 4.78 is 19.1. The summed E-state index contributed by atoms with van der Waals surface area (Å²) in [6.45, 7) is 7.38. The van der Waals surface area contributed by atoms with E-state index in [0.29, 0.717) is 35.5 Å². The first-order chi connectivity index (χ1) is 19.0. The number of aromatic nitrogens is 1. The number of carboxylic acid groups (broad SMARTS) is 2. The number of ether oxygens (including phenoxy) is 1. The number of morpholine rings is 1. The van der Waals surface area contributed by atoms with Crippen LogP contribution in [0.5, 0.6) is 0 Å². The third kappa shape index (κ3) is 6.55. The molecule has 4 heterocycles. The quantitative estimate of drug-likeness (QED) is 0.313. The fourth-order valence-electron chi connectivity index (χ4n) is 4.81. The molecule has 2 aromatic rings. The van der Waals surface area contributed by atoms with Crippen LogP contribution in [-0.2, 0) is 25.5 Å². The van der Waals surface area contributed by atoms with Gasteiger partial charge in [-0.1, -0.05) is 0 Å². The number of aliphatic hydroxyl groups is 1. The van der Waals surface area contributed by atoms with Gasteiger partial charge in [-0.25, -0.2) is 9.18 Å². The summed E-state index contributed by atoms with van der Waals surface area (Å²) in [5.41, 5.74) is 4.66. The van der Waals surface area contributed by atoms with E-state index in [4.69, 9.17) is 20.1 Å². The van der Waals surface area contributed by atoms with Crippen molar-refractivity contribution in [1.82, 2.24) is 14.8 Å². The molecule has 40 heavy (non-hydrogen) atoms. The number of hydrogen-bond acceptors (Lipinski definition) is 7. The number of carbonyl (C=O) groups is 4. The molecule has 3 aliphatic rings. The van der Waals surface area contributed by atoms with E-state index >= 15 is 0 Å². The van der Waals surface area contributed by atoms with E-state index in [1.807, 2.05) is 11.8 Å². The number of nitrogens with one attached hydrogen (secondary N) is 2. The highest BCUT2D eigenvalue weighted by molar-refractivity contribution is 6.34. The number of hydrogen-bond donors (Lipinski definition) is 5. The first-order valence-electron chi connectivity index (χ1n) is 12.8. The lowest BCUT2D eigenvalue weighted by Gasteiger charge is -2.32. The zero-order valence-electron chi connectivity index (χ0n) is 21.9. The number of rotatable bonds is 7. The minimum Gasteiger partial charge on any atom is -0.481 e. The molecular weight excluding hydrogens is 527 g/mol. The van der Waals surface area contributed by atoms with Crippen LogP contribution in [0.25, 0.3) is 11.6 Å². The third-order valence-electron chi connectivity index (χ3n) is 7.00. The molecule has 0 bridgehead atoms. The fraction of sp³-hybridized carbons (Fsp3) is 0.407. The maximum atomic E-state index is 13.7. The summed E-state index contributed by atoms with van der Waals surface area (Å²) in [7, 11) is 0. The fourth-order valence-corrected chi connectivity index (χ4v) is 4.81. The monoisotopic (exact) mass is 558 g/mol. The van der Waals surface area contributed by atoms with Crippen molar-refractivity contribution in [2.75, 3.05) is 51.3 Å². The van der Waals surface area contributed by atoms with E-state index in [1.54, 1.807) is 12.1 Å². The van der Waals surface area contributed by atoms with Crippen molar-refractivity contribution < 1.29 is 43.6 Å². The number of aliphatic hydroxyl groups excluding tert-OH is 1. The van der Waals surface area contributed by atoms with Crippen LogP contribution in [0.1, 0.15) is 39.3 Å². The molecule has 1 unspecified atom stereocenters. The van der Waals surface area contributed by atoms with Crippen LogP contribution in [-0.4, -0.2) is 106 Å². The predicted octanol–water partition coefficient (Wildman–Crippen LogP) is 1.19. The minimum atomic E-state index is -1.79. The summed E-state index contributed by atoms with van der Waals surface area (Å²) in [6.07, 6.45) is -0.0805. The zero-order valence-corrected chi connectivity index (χ0v) is 21.9. The molecule has 1 aromatic heterocycles. The van der Waals surface area contributed by atoms with Gasteiger partial charge in [0.15, 0.2) is 6.10 Å². The minimum absolute atomic E-state index is 0.0234. The number of halogens is 1. The van der Waals surface area contributed by atoms with E-state index in [0.717, 1.165) is 56.2 Å². The Morgan fingerprint density at radius 2 is 1.88 bits per heavy atom. The van der Waals surface area contributed by atoms with Crippen LogP contribution in [0.4, 0.5) is 10.1 Å². The van der Waals surface area contributed by atoms with Crippen LogP contribution in [0, 0.1) is 12.7 Å². The van der Waals surface area contributed by atoms with Crippen molar-refractivity contribution in [2.45, 2.75) is 25.9 Å². The third-order valence-corrected chi connectivity index (χ3v) is 7.00. The number of carbonyl (C=O) groups excluding carboxylic acids is 2. The predicted molar refractivity (Wildman–Crippen MR) is 141 cm³/mol. The second-order valence-electron chi connectivity index (χ2n) is 9.67. The van der Waals surface area contributed by atoms with E-state index in [9.17, 15) is 23.6 Å². The number of benzene rings is 1. The number of H-pyrrole nitrogens is 1. The normalized spacial score (nSPS) is 18.5. The van der Waals surface area contributed by atoms with Crippen LogP contribution in [0.2, 0.25) is 0 Å². The Balaban J connectivity index is 0.000000357. The second-order valence-corrected chi connectivity index (χ2v) is 9.67. The van der Waals surface area contributed by atoms with Crippen molar-refractivity contribution in [2.24, 2.45) is 0 Å². The standard InChI is InChI=1S/C23H25FN4O3.C4H6O5/c1-14-20(13-17-16-12-15(24)2-3-18(16)26-22(17)29)25-19-4-5-28(23(30)21(14)19)7-6-27-8-10-31-11-9-27;5-2(4(8)9)1-3(6)7/h2-3,12-13,25H,4-11H2,1H3,(H,26,29);2,5H,1H2,(H,6,7)(H,8,9)/b17-13-;. The van der Waals surface area contributed by atoms with Gasteiger partial charge in [-0.2, -0.15) is 0 Å². The average Bonchev–Trinajstić information content (AvgIpc) is 3.40. The van der Waals surface area contributed by atoms with Crippen molar-refractivity contribution in [3.8, 4) is 0 Å². The molecule has 13 heteroatoms. The van der Waals surface area contributed by atoms with Crippen LogP contribution in [0.3, 0.4) is 0 Å². The number of anilines is 1. The Morgan fingerprint density at radius 1 is 1.15 bits per heavy atom. The first-order valence-corrected chi connectivity index (χ1v) is 12.8.